The van der Waals surface area contributed by atoms with E-state index in [1.165, 1.54) is 25.1 Å². The Morgan fingerprint density at radius 1 is 0.745 bits per heavy atom. The smallest absolute Gasteiger partial charge is 0.417 e. The fourth-order valence-corrected chi connectivity index (χ4v) is 4.70. The molecule has 4 rings (SSSR count). The molecule has 0 fully saturated rings. The summed E-state index contributed by atoms with van der Waals surface area (Å²) in [5, 5.41) is 13.8. The first kappa shape index (κ1) is 34.8. The lowest BCUT2D eigenvalue weighted by atomic mass is 9.93. The zero-order chi connectivity index (χ0) is 34.7. The van der Waals surface area contributed by atoms with Gasteiger partial charge in [0, 0.05) is 30.5 Å². The van der Waals surface area contributed by atoms with Gasteiger partial charge in [-0.3, -0.25) is 14.6 Å². The molecule has 0 atom stereocenters. The van der Waals surface area contributed by atoms with Gasteiger partial charge in [0.25, 0.3) is 5.91 Å². The topological polar surface area (TPSA) is 91.3 Å². The third kappa shape index (κ3) is 8.60. The first-order valence-electron chi connectivity index (χ1n) is 13.6. The highest BCUT2D eigenvalue weighted by Gasteiger charge is 2.36. The molecule has 3 N–H and O–H groups in total. The van der Waals surface area contributed by atoms with Crippen LogP contribution in [0.3, 0.4) is 0 Å². The van der Waals surface area contributed by atoms with Gasteiger partial charge < -0.3 is 15.7 Å². The lowest BCUT2D eigenvalue weighted by Gasteiger charge is -2.19. The number of nitrogens with one attached hydrogen (secondary N) is 2. The average Bonchev–Trinajstić information content (AvgIpc) is 2.98. The van der Waals surface area contributed by atoms with Gasteiger partial charge >= 0.3 is 24.5 Å². The minimum Gasteiger partial charge on any atom is -0.481 e. The maximum absolute atomic E-state index is 14.1. The second-order valence-corrected chi connectivity index (χ2v) is 10.3. The first-order chi connectivity index (χ1) is 21.8. The van der Waals surface area contributed by atoms with E-state index in [-0.39, 0.29) is 64.3 Å². The number of hydrogen-bond acceptors (Lipinski definition) is 4. The van der Waals surface area contributed by atoms with E-state index >= 15 is 0 Å². The molecule has 1 heterocycles. The molecule has 47 heavy (non-hydrogen) atoms. The van der Waals surface area contributed by atoms with Gasteiger partial charge in [0.05, 0.1) is 23.1 Å². The van der Waals surface area contributed by atoms with Crippen LogP contribution in [-0.4, -0.2) is 28.5 Å². The Hall–Kier alpha value is -5.08. The van der Waals surface area contributed by atoms with E-state index in [0.717, 1.165) is 48.7 Å². The molecule has 0 radical (unpaired) electrons. The van der Waals surface area contributed by atoms with Crippen molar-refractivity contribution in [3.05, 3.63) is 106 Å². The highest BCUT2D eigenvalue weighted by atomic mass is 19.4. The fraction of sp³-hybridized carbons (Fsp3) is 0.219. The van der Waals surface area contributed by atoms with E-state index in [2.05, 4.69) is 15.6 Å². The molecule has 0 aliphatic carbocycles. The number of pyridine rings is 1. The summed E-state index contributed by atoms with van der Waals surface area (Å²) in [5.41, 5.74) is -3.41. The zero-order valence-corrected chi connectivity index (χ0v) is 24.2. The van der Waals surface area contributed by atoms with Crippen LogP contribution in [0.5, 0.6) is 0 Å². The van der Waals surface area contributed by atoms with Crippen molar-refractivity contribution in [2.75, 3.05) is 11.9 Å². The number of carbonyl (C=O) groups excluding carboxylic acids is 1. The molecule has 0 aliphatic rings. The number of rotatable bonds is 9. The van der Waals surface area contributed by atoms with Crippen LogP contribution in [-0.2, 0) is 29.9 Å². The maximum atomic E-state index is 14.1. The Balaban J connectivity index is 1.64. The van der Waals surface area contributed by atoms with E-state index in [1.54, 1.807) is 0 Å². The second kappa shape index (κ2) is 13.3. The quantitative estimate of drug-likeness (QED) is 0.155. The normalized spacial score (nSPS) is 12.1. The van der Waals surface area contributed by atoms with Crippen LogP contribution >= 0.6 is 0 Å². The summed E-state index contributed by atoms with van der Waals surface area (Å²) < 4.78 is 122. The summed E-state index contributed by atoms with van der Waals surface area (Å²) >= 11 is 0. The van der Waals surface area contributed by atoms with Crippen LogP contribution < -0.4 is 10.6 Å². The molecule has 3 aromatic carbocycles. The molecular weight excluding hydrogens is 645 g/mol. The molecule has 0 aliphatic heterocycles. The second-order valence-electron chi connectivity index (χ2n) is 10.3. The Bertz CT molecular complexity index is 1780. The van der Waals surface area contributed by atoms with Crippen molar-refractivity contribution < 1.29 is 54.2 Å². The zero-order valence-electron chi connectivity index (χ0n) is 24.2. The van der Waals surface area contributed by atoms with Gasteiger partial charge in [0.2, 0.25) is 0 Å². The number of hydrogen-bond donors (Lipinski definition) is 3. The molecule has 1 amide bonds. The molecule has 0 saturated heterocycles. The Morgan fingerprint density at radius 3 is 1.96 bits per heavy atom. The summed E-state index contributed by atoms with van der Waals surface area (Å²) in [6.07, 6.45) is -13.5. The minimum absolute atomic E-state index is 0.0192. The van der Waals surface area contributed by atoms with Crippen LogP contribution in [0.15, 0.2) is 72.9 Å². The monoisotopic (exact) mass is 669 g/mol. The van der Waals surface area contributed by atoms with Gasteiger partial charge in [-0.15, -0.1) is 0 Å². The number of nitrogens with zero attached hydrogens (tertiary/aromatic N) is 1. The van der Waals surface area contributed by atoms with E-state index < -0.39 is 47.1 Å². The van der Waals surface area contributed by atoms with Crippen molar-refractivity contribution in [1.82, 2.24) is 10.3 Å². The highest BCUT2D eigenvalue weighted by molar-refractivity contribution is 5.92. The van der Waals surface area contributed by atoms with Gasteiger partial charge in [-0.05, 0) is 77.2 Å². The Labute approximate surface area is 261 Å². The summed E-state index contributed by atoms with van der Waals surface area (Å²) in [5.74, 6) is -1.85. The third-order valence-corrected chi connectivity index (χ3v) is 7.02. The maximum Gasteiger partial charge on any atom is 0.417 e. The van der Waals surface area contributed by atoms with E-state index in [9.17, 15) is 49.1 Å². The van der Waals surface area contributed by atoms with E-state index in [1.807, 2.05) is 0 Å². The van der Waals surface area contributed by atoms with Crippen LogP contribution in [0.1, 0.15) is 44.7 Å². The molecule has 0 saturated carbocycles. The van der Waals surface area contributed by atoms with Crippen LogP contribution in [0.2, 0.25) is 0 Å². The number of carbonyl (C=O) groups is 2. The van der Waals surface area contributed by atoms with E-state index in [0.29, 0.717) is 6.07 Å². The van der Waals surface area contributed by atoms with Crippen molar-refractivity contribution in [1.29, 1.82) is 0 Å². The Kier molecular flexibility index (Phi) is 9.87. The number of benzene rings is 3. The molecule has 0 spiro atoms. The average molecular weight is 670 g/mol. The molecule has 248 valence electrons. The number of carboxylic acid groups (broad SMARTS) is 1. The number of carboxylic acids is 1. The predicted molar refractivity (Wildman–Crippen MR) is 153 cm³/mol. The van der Waals surface area contributed by atoms with Crippen molar-refractivity contribution in [2.45, 2.75) is 38.4 Å². The minimum atomic E-state index is -4.91. The molecule has 0 bridgehead atoms. The number of anilines is 1. The van der Waals surface area contributed by atoms with Gasteiger partial charge in [-0.2, -0.15) is 39.5 Å². The number of aliphatic carboxylic acids is 1. The highest BCUT2D eigenvalue weighted by Crippen LogP contribution is 2.41. The molecule has 0 unspecified atom stereocenters. The summed E-state index contributed by atoms with van der Waals surface area (Å²) in [6.45, 7) is 0.833. The van der Waals surface area contributed by atoms with Gasteiger partial charge in [0.1, 0.15) is 5.69 Å². The molecule has 1 aromatic heterocycles. The number of aromatic nitrogens is 1. The summed E-state index contributed by atoms with van der Waals surface area (Å²) in [6, 6.07) is 10.8. The van der Waals surface area contributed by atoms with Crippen molar-refractivity contribution in [2.24, 2.45) is 0 Å². The lowest BCUT2D eigenvalue weighted by Crippen LogP contribution is -2.26. The van der Waals surface area contributed by atoms with E-state index in [4.69, 9.17) is 5.11 Å². The predicted octanol–water partition coefficient (Wildman–Crippen LogP) is 8.60. The number of aryl methyl sites for hydroxylation is 1. The van der Waals surface area contributed by atoms with Gasteiger partial charge in [-0.25, -0.2) is 0 Å². The lowest BCUT2D eigenvalue weighted by molar-refractivity contribution is -0.138. The molecular formula is C32H24F9N3O3. The van der Waals surface area contributed by atoms with Crippen molar-refractivity contribution >= 4 is 17.6 Å². The molecule has 6 nitrogen and oxygen atoms in total. The van der Waals surface area contributed by atoms with Crippen LogP contribution in [0.4, 0.5) is 45.2 Å². The SMILES string of the molecule is Cc1cc(C(F)(F)F)ccc1-c1ccc(NCc2ccc(C(F)(F)F)cc2-c2ccc(C(=O)NCCC(=O)O)nc2)cc1C(F)(F)F. The largest absolute Gasteiger partial charge is 0.481 e. The first-order valence-corrected chi connectivity index (χ1v) is 13.6. The van der Waals surface area contributed by atoms with Crippen LogP contribution in [0, 0.1) is 6.92 Å². The summed E-state index contributed by atoms with van der Waals surface area (Å²) in [7, 11) is 0. The molecule has 4 aromatic rings. The number of halogens is 9. The molecule has 15 heteroatoms. The van der Waals surface area contributed by atoms with Crippen molar-refractivity contribution in [3.63, 3.8) is 0 Å². The Morgan fingerprint density at radius 2 is 1.38 bits per heavy atom. The standard InChI is InChI=1S/C32H24F9N3O3/c1-17-12-20(30(33,34)35)5-7-23(17)24-8-6-22(14-26(24)32(39,40)41)43-15-18-2-4-21(31(36,37)38)13-25(18)19-3-9-27(44-16-19)29(47)42-11-10-28(45)46/h2-9,12-14,16,43H,10-11,15H2,1H3,(H,42,47)(H,45,46). The third-order valence-electron chi connectivity index (χ3n) is 7.02. The van der Waals surface area contributed by atoms with Crippen molar-refractivity contribution in [3.8, 4) is 22.3 Å². The summed E-state index contributed by atoms with van der Waals surface area (Å²) in [4.78, 5) is 26.8. The van der Waals surface area contributed by atoms with Gasteiger partial charge in [-0.1, -0.05) is 24.3 Å². The number of amides is 1. The van der Waals surface area contributed by atoms with Gasteiger partial charge in [0.15, 0.2) is 0 Å². The number of alkyl halides is 9. The fourth-order valence-electron chi connectivity index (χ4n) is 4.70. The van der Waals surface area contributed by atoms with Crippen LogP contribution in [0.25, 0.3) is 22.3 Å².